The van der Waals surface area contributed by atoms with E-state index in [-0.39, 0.29) is 35.9 Å². The van der Waals surface area contributed by atoms with Gasteiger partial charge in [-0.25, -0.2) is 0 Å². The number of hydrazone groups is 1. The fraction of sp³-hybridized carbons (Fsp3) is 0.182. The number of nitro groups is 1. The Morgan fingerprint density at radius 2 is 1.42 bits per heavy atom. The zero-order valence-corrected chi connectivity index (χ0v) is 24.4. The van der Waals surface area contributed by atoms with Gasteiger partial charge in [0.25, 0.3) is 17.5 Å². The van der Waals surface area contributed by atoms with Crippen molar-refractivity contribution in [3.05, 3.63) is 133 Å². The number of ether oxygens (including phenoxy) is 2. The van der Waals surface area contributed by atoms with Gasteiger partial charge in [0.15, 0.2) is 11.5 Å². The fourth-order valence-corrected chi connectivity index (χ4v) is 7.30. The number of hydrogen-bond acceptors (Lipinski definition) is 7. The lowest BCUT2D eigenvalue weighted by Crippen LogP contribution is -2.41. The quantitative estimate of drug-likeness (QED) is 0.104. The van der Waals surface area contributed by atoms with Crippen molar-refractivity contribution in [1.29, 1.82) is 0 Å². The van der Waals surface area contributed by atoms with Crippen molar-refractivity contribution in [2.75, 3.05) is 7.11 Å². The predicted octanol–water partition coefficient (Wildman–Crippen LogP) is 6.17. The zero-order chi connectivity index (χ0) is 29.8. The van der Waals surface area contributed by atoms with E-state index in [1.54, 1.807) is 24.3 Å². The maximum absolute atomic E-state index is 13.8. The Balaban J connectivity index is 1.14. The molecule has 4 aromatic rings. The van der Waals surface area contributed by atoms with Crippen LogP contribution in [-0.4, -0.2) is 35.1 Å². The minimum atomic E-state index is -0.504. The van der Waals surface area contributed by atoms with E-state index in [9.17, 15) is 19.7 Å². The summed E-state index contributed by atoms with van der Waals surface area (Å²) in [6, 6.07) is 25.8. The lowest BCUT2D eigenvalue weighted by molar-refractivity contribution is -0.384. The van der Waals surface area contributed by atoms with E-state index < -0.39 is 16.8 Å². The number of carbonyl (C=O) groups excluding carboxylic acids is 2. The van der Waals surface area contributed by atoms with Gasteiger partial charge in [0.2, 0.25) is 0 Å². The predicted molar refractivity (Wildman–Crippen MR) is 161 cm³/mol. The van der Waals surface area contributed by atoms with Crippen LogP contribution >= 0.6 is 15.9 Å². The lowest BCUT2D eigenvalue weighted by atomic mass is 9.55. The highest BCUT2D eigenvalue weighted by atomic mass is 79.9. The van der Waals surface area contributed by atoms with E-state index in [4.69, 9.17) is 9.47 Å². The van der Waals surface area contributed by atoms with Crippen LogP contribution in [0.1, 0.15) is 45.2 Å². The van der Waals surface area contributed by atoms with E-state index in [0.29, 0.717) is 21.5 Å². The summed E-state index contributed by atoms with van der Waals surface area (Å²) in [5.41, 5.74) is 5.78. The number of nitro benzene ring substituents is 1. The first-order chi connectivity index (χ1) is 20.9. The molecule has 2 bridgehead atoms. The van der Waals surface area contributed by atoms with Crippen molar-refractivity contribution in [1.82, 2.24) is 5.01 Å². The Morgan fingerprint density at radius 3 is 1.91 bits per heavy atom. The minimum Gasteiger partial charge on any atom is -0.493 e. The first-order valence-corrected chi connectivity index (χ1v) is 14.5. The molecule has 1 aliphatic heterocycles. The molecule has 1 saturated heterocycles. The second-order valence-electron chi connectivity index (χ2n) is 10.7. The van der Waals surface area contributed by atoms with Gasteiger partial charge in [0.1, 0.15) is 6.61 Å². The number of non-ortho nitro benzene ring substituents is 1. The van der Waals surface area contributed by atoms with Gasteiger partial charge in [-0.3, -0.25) is 19.7 Å². The molecule has 1 heterocycles. The SMILES string of the molecule is COc1cc(/C=N\N2C(=O)[C@H]3C4c5ccccc5C(c5ccccc54)[C@@H]3C2=O)cc(Br)c1OCc1ccc([N+](=O)[O-])cc1. The average molecular weight is 638 g/mol. The molecule has 9 nitrogen and oxygen atoms in total. The average Bonchev–Trinajstić information content (AvgIpc) is 3.28. The van der Waals surface area contributed by atoms with Crippen molar-refractivity contribution in [3.8, 4) is 11.5 Å². The standard InChI is InChI=1S/C33H24BrN3O6/c1-42-26-15-19(14-25(34)31(26)43-17-18-10-12-20(13-11-18)37(40)41)16-35-36-32(38)29-27-21-6-2-3-7-22(21)28(30(29)33(36)39)24-9-5-4-8-23(24)27/h2-16,27-30H,17H2,1H3/b35-16-/t27?,28?,29-,30-/m0/s1. The third-order valence-electron chi connectivity index (χ3n) is 8.53. The Labute approximate surface area is 255 Å². The van der Waals surface area contributed by atoms with E-state index in [2.05, 4.69) is 45.3 Å². The van der Waals surface area contributed by atoms with E-state index in [0.717, 1.165) is 32.8 Å². The topological polar surface area (TPSA) is 111 Å². The first kappa shape index (κ1) is 27.0. The van der Waals surface area contributed by atoms with Gasteiger partial charge in [-0.15, -0.1) is 0 Å². The Hall–Kier alpha value is -4.83. The molecule has 0 aromatic heterocycles. The number of benzene rings is 4. The molecule has 0 unspecified atom stereocenters. The maximum atomic E-state index is 13.8. The third-order valence-corrected chi connectivity index (χ3v) is 9.12. The van der Waals surface area contributed by atoms with Crippen molar-refractivity contribution >= 4 is 39.6 Å². The van der Waals surface area contributed by atoms with Crippen molar-refractivity contribution in [2.24, 2.45) is 16.9 Å². The smallest absolute Gasteiger partial charge is 0.269 e. The van der Waals surface area contributed by atoms with Crippen LogP contribution in [0.5, 0.6) is 11.5 Å². The largest absolute Gasteiger partial charge is 0.493 e. The zero-order valence-electron chi connectivity index (χ0n) is 22.8. The Kier molecular flexibility index (Phi) is 6.58. The van der Waals surface area contributed by atoms with Crippen molar-refractivity contribution < 1.29 is 24.0 Å². The number of imide groups is 1. The van der Waals surface area contributed by atoms with Gasteiger partial charge in [-0.1, -0.05) is 48.5 Å². The van der Waals surface area contributed by atoms with E-state index in [1.807, 2.05) is 24.3 Å². The summed E-state index contributed by atoms with van der Waals surface area (Å²) in [7, 11) is 1.50. The van der Waals surface area contributed by atoms with Gasteiger partial charge in [-0.05, 0) is 73.6 Å². The highest BCUT2D eigenvalue weighted by molar-refractivity contribution is 9.10. The molecule has 4 aliphatic rings. The molecular weight excluding hydrogens is 614 g/mol. The van der Waals surface area contributed by atoms with Crippen LogP contribution in [0.25, 0.3) is 0 Å². The summed E-state index contributed by atoms with van der Waals surface area (Å²) in [5.74, 6) is -1.13. The first-order valence-electron chi connectivity index (χ1n) is 13.7. The number of rotatable bonds is 7. The van der Waals surface area contributed by atoms with Crippen LogP contribution in [-0.2, 0) is 16.2 Å². The highest BCUT2D eigenvalue weighted by Gasteiger charge is 2.61. The Morgan fingerprint density at radius 1 is 0.884 bits per heavy atom. The van der Waals surface area contributed by atoms with Crippen LogP contribution in [0.3, 0.4) is 0 Å². The second kappa shape index (κ2) is 10.5. The van der Waals surface area contributed by atoms with Crippen LogP contribution in [0, 0.1) is 22.0 Å². The molecule has 3 aliphatic carbocycles. The van der Waals surface area contributed by atoms with E-state index >= 15 is 0 Å². The molecule has 0 N–H and O–H groups in total. The molecule has 43 heavy (non-hydrogen) atoms. The summed E-state index contributed by atoms with van der Waals surface area (Å²) >= 11 is 3.52. The summed E-state index contributed by atoms with van der Waals surface area (Å²) in [5, 5.41) is 16.4. The molecule has 2 amide bonds. The molecule has 1 fully saturated rings. The van der Waals surface area contributed by atoms with Crippen molar-refractivity contribution in [3.63, 3.8) is 0 Å². The fourth-order valence-electron chi connectivity index (χ4n) is 6.72. The van der Waals surface area contributed by atoms with Crippen LogP contribution in [0.4, 0.5) is 5.69 Å². The highest BCUT2D eigenvalue weighted by Crippen LogP contribution is 2.61. The lowest BCUT2D eigenvalue weighted by Gasteiger charge is -2.45. The molecule has 2 atom stereocenters. The molecule has 214 valence electrons. The number of hydrogen-bond donors (Lipinski definition) is 0. The van der Waals surface area contributed by atoms with Gasteiger partial charge in [-0.2, -0.15) is 10.1 Å². The van der Waals surface area contributed by atoms with Crippen LogP contribution < -0.4 is 9.47 Å². The molecule has 10 heteroatoms. The van der Waals surface area contributed by atoms with Gasteiger partial charge in [0, 0.05) is 24.0 Å². The van der Waals surface area contributed by atoms with Crippen LogP contribution in [0.15, 0.2) is 94.5 Å². The molecule has 8 rings (SSSR count). The third kappa shape index (κ3) is 4.32. The molecule has 0 saturated carbocycles. The number of carbonyl (C=O) groups is 2. The minimum absolute atomic E-state index is 0.00194. The van der Waals surface area contributed by atoms with Crippen molar-refractivity contribution in [2.45, 2.75) is 18.4 Å². The Bertz CT molecular complexity index is 1720. The molecule has 4 aromatic carbocycles. The molecular formula is C33H24BrN3O6. The summed E-state index contributed by atoms with van der Waals surface area (Å²) in [6.07, 6.45) is 1.47. The molecule has 0 radical (unpaired) electrons. The maximum Gasteiger partial charge on any atom is 0.269 e. The van der Waals surface area contributed by atoms with Gasteiger partial charge >= 0.3 is 0 Å². The molecule has 0 spiro atoms. The summed E-state index contributed by atoms with van der Waals surface area (Å²) in [4.78, 5) is 38.1. The summed E-state index contributed by atoms with van der Waals surface area (Å²) < 4.78 is 12.1. The van der Waals surface area contributed by atoms with Gasteiger partial charge < -0.3 is 9.47 Å². The number of methoxy groups -OCH3 is 1. The number of halogens is 1. The monoisotopic (exact) mass is 637 g/mol. The van der Waals surface area contributed by atoms with Crippen LogP contribution in [0.2, 0.25) is 0 Å². The number of nitrogens with zero attached hydrogens (tertiary/aromatic N) is 3. The summed E-state index contributed by atoms with van der Waals surface area (Å²) in [6.45, 7) is 0.160. The van der Waals surface area contributed by atoms with E-state index in [1.165, 1.54) is 25.5 Å². The number of amides is 2. The second-order valence-corrected chi connectivity index (χ2v) is 11.6. The normalized spacial score (nSPS) is 21.5. The van der Waals surface area contributed by atoms with Gasteiger partial charge in [0.05, 0.1) is 34.6 Å².